The fraction of sp³-hybridized carbons (Fsp3) is 0.154. The van der Waals surface area contributed by atoms with E-state index in [2.05, 4.69) is 0 Å². The fourth-order valence-corrected chi connectivity index (χ4v) is 5.01. The number of nitrogens with zero attached hydrogens (tertiary/aromatic N) is 1. The maximum absolute atomic E-state index is 13.9. The van der Waals surface area contributed by atoms with Crippen molar-refractivity contribution in [2.45, 2.75) is 6.04 Å². The van der Waals surface area contributed by atoms with Gasteiger partial charge in [-0.1, -0.05) is 46.9 Å². The van der Waals surface area contributed by atoms with Crippen LogP contribution >= 0.6 is 34.8 Å². The Labute approximate surface area is 226 Å². The molecule has 192 valence electrons. The SMILES string of the molecule is COc1cccc(C2/C(=C(\O)c3cc(Cl)c(OC)c(Cl)c3OC)C(=O)C(=O)N2c2ccc(F)c(Cl)c2)c1. The summed E-state index contributed by atoms with van der Waals surface area (Å²) in [6, 6.07) is 10.4. The van der Waals surface area contributed by atoms with Gasteiger partial charge in [-0.3, -0.25) is 14.5 Å². The highest BCUT2D eigenvalue weighted by Gasteiger charge is 2.47. The van der Waals surface area contributed by atoms with Crippen molar-refractivity contribution in [1.82, 2.24) is 0 Å². The number of ether oxygens (including phenoxy) is 3. The molecule has 0 bridgehead atoms. The van der Waals surface area contributed by atoms with Crippen molar-refractivity contribution in [3.63, 3.8) is 0 Å². The Morgan fingerprint density at radius 1 is 0.919 bits per heavy atom. The molecule has 0 aliphatic carbocycles. The molecule has 0 spiro atoms. The third kappa shape index (κ3) is 4.56. The van der Waals surface area contributed by atoms with Gasteiger partial charge >= 0.3 is 0 Å². The summed E-state index contributed by atoms with van der Waals surface area (Å²) in [6.45, 7) is 0. The van der Waals surface area contributed by atoms with Crippen LogP contribution in [0.2, 0.25) is 15.1 Å². The van der Waals surface area contributed by atoms with Gasteiger partial charge in [0.2, 0.25) is 0 Å². The Hall–Kier alpha value is -3.46. The standard InChI is InChI=1S/C26H19Cl3FNO6/c1-35-14-6-4-5-12(9-14)21-19(22(32)15-11-17(28)25(37-3)20(29)24(15)36-2)23(33)26(34)31(21)13-7-8-18(30)16(27)10-13/h4-11,21,32H,1-3H3/b22-19+. The van der Waals surface area contributed by atoms with Crippen molar-refractivity contribution in [2.24, 2.45) is 0 Å². The predicted octanol–water partition coefficient (Wildman–Crippen LogP) is 6.44. The largest absolute Gasteiger partial charge is 0.507 e. The van der Waals surface area contributed by atoms with Gasteiger partial charge in [0.1, 0.15) is 22.3 Å². The molecule has 37 heavy (non-hydrogen) atoms. The molecule has 1 aliphatic heterocycles. The predicted molar refractivity (Wildman–Crippen MR) is 139 cm³/mol. The van der Waals surface area contributed by atoms with E-state index in [0.717, 1.165) is 11.0 Å². The van der Waals surface area contributed by atoms with E-state index in [1.165, 1.54) is 39.5 Å². The Kier molecular flexibility index (Phi) is 7.54. The molecule has 3 aromatic rings. The topological polar surface area (TPSA) is 85.3 Å². The minimum absolute atomic E-state index is 0.0270. The van der Waals surface area contributed by atoms with Gasteiger partial charge in [0.05, 0.1) is 48.6 Å². The maximum atomic E-state index is 13.9. The Morgan fingerprint density at radius 2 is 1.62 bits per heavy atom. The molecule has 1 unspecified atom stereocenters. The minimum atomic E-state index is -1.15. The average molecular weight is 567 g/mol. The first-order valence-corrected chi connectivity index (χ1v) is 11.8. The molecule has 0 aromatic heterocycles. The molecule has 1 heterocycles. The summed E-state index contributed by atoms with van der Waals surface area (Å²) >= 11 is 18.7. The number of hydrogen-bond acceptors (Lipinski definition) is 6. The van der Waals surface area contributed by atoms with E-state index in [1.807, 2.05) is 0 Å². The summed E-state index contributed by atoms with van der Waals surface area (Å²) in [4.78, 5) is 27.9. The van der Waals surface area contributed by atoms with Gasteiger partial charge < -0.3 is 19.3 Å². The molecule has 0 radical (unpaired) electrons. The first-order chi connectivity index (χ1) is 17.6. The van der Waals surface area contributed by atoms with Gasteiger partial charge in [-0.2, -0.15) is 0 Å². The average Bonchev–Trinajstić information content (AvgIpc) is 3.15. The van der Waals surface area contributed by atoms with Crippen LogP contribution in [0.4, 0.5) is 10.1 Å². The van der Waals surface area contributed by atoms with Crippen LogP contribution in [0, 0.1) is 5.82 Å². The molecular weight excluding hydrogens is 548 g/mol. The number of Topliss-reactive ketones (excluding diaryl/α,β-unsaturated/α-hetero) is 1. The number of aliphatic hydroxyl groups is 1. The number of carbonyl (C=O) groups is 2. The third-order valence-electron chi connectivity index (χ3n) is 5.83. The number of amides is 1. The summed E-state index contributed by atoms with van der Waals surface area (Å²) in [5.41, 5.74) is 0.235. The highest BCUT2D eigenvalue weighted by Crippen LogP contribution is 2.48. The lowest BCUT2D eigenvalue weighted by Crippen LogP contribution is -2.29. The second-order valence-electron chi connectivity index (χ2n) is 7.83. The van der Waals surface area contributed by atoms with Crippen LogP contribution in [-0.2, 0) is 9.59 Å². The molecule has 1 fully saturated rings. The van der Waals surface area contributed by atoms with Crippen LogP contribution in [0.15, 0.2) is 54.1 Å². The zero-order valence-electron chi connectivity index (χ0n) is 19.6. The highest BCUT2D eigenvalue weighted by atomic mass is 35.5. The van der Waals surface area contributed by atoms with E-state index in [0.29, 0.717) is 11.3 Å². The van der Waals surface area contributed by atoms with Gasteiger partial charge in [0.15, 0.2) is 11.5 Å². The Morgan fingerprint density at radius 3 is 2.24 bits per heavy atom. The van der Waals surface area contributed by atoms with Gasteiger partial charge in [0, 0.05) is 5.69 Å². The first-order valence-electron chi connectivity index (χ1n) is 10.6. The van der Waals surface area contributed by atoms with Crippen LogP contribution in [0.25, 0.3) is 5.76 Å². The van der Waals surface area contributed by atoms with Crippen molar-refractivity contribution in [3.8, 4) is 17.2 Å². The maximum Gasteiger partial charge on any atom is 0.300 e. The number of ketones is 1. The lowest BCUT2D eigenvalue weighted by Gasteiger charge is -2.26. The molecule has 1 N–H and O–H groups in total. The Bertz CT molecular complexity index is 1460. The van der Waals surface area contributed by atoms with Crippen molar-refractivity contribution in [3.05, 3.63) is 86.1 Å². The summed E-state index contributed by atoms with van der Waals surface area (Å²) in [6.07, 6.45) is 0. The van der Waals surface area contributed by atoms with Crippen molar-refractivity contribution < 1.29 is 33.3 Å². The summed E-state index contributed by atoms with van der Waals surface area (Å²) in [7, 11) is 4.13. The van der Waals surface area contributed by atoms with Crippen molar-refractivity contribution in [2.75, 3.05) is 26.2 Å². The smallest absolute Gasteiger partial charge is 0.300 e. The number of carbonyl (C=O) groups excluding carboxylic acids is 2. The molecule has 4 rings (SSSR count). The van der Waals surface area contributed by atoms with Gasteiger partial charge in [0.25, 0.3) is 11.7 Å². The number of halogens is 4. The molecule has 1 saturated heterocycles. The number of aliphatic hydroxyl groups excluding tert-OH is 1. The number of hydrogen-bond donors (Lipinski definition) is 1. The highest BCUT2D eigenvalue weighted by molar-refractivity contribution is 6.52. The molecule has 0 saturated carbocycles. The molecule has 11 heteroatoms. The van der Waals surface area contributed by atoms with Gasteiger partial charge in [-0.05, 0) is 42.0 Å². The van der Waals surface area contributed by atoms with E-state index in [-0.39, 0.29) is 43.4 Å². The lowest BCUT2D eigenvalue weighted by atomic mass is 9.94. The number of methoxy groups -OCH3 is 3. The summed E-state index contributed by atoms with van der Waals surface area (Å²) < 4.78 is 29.8. The third-order valence-corrected chi connectivity index (χ3v) is 6.74. The first kappa shape index (κ1) is 26.6. The second kappa shape index (κ2) is 10.5. The lowest BCUT2D eigenvalue weighted by molar-refractivity contribution is -0.132. The second-order valence-corrected chi connectivity index (χ2v) is 9.02. The number of rotatable bonds is 6. The van der Waals surface area contributed by atoms with Crippen LogP contribution < -0.4 is 19.1 Å². The van der Waals surface area contributed by atoms with Crippen molar-refractivity contribution in [1.29, 1.82) is 0 Å². The van der Waals surface area contributed by atoms with Gasteiger partial charge in [-0.25, -0.2) is 4.39 Å². The zero-order valence-corrected chi connectivity index (χ0v) is 21.9. The van der Waals surface area contributed by atoms with Crippen molar-refractivity contribution >= 4 is 57.9 Å². The fourth-order valence-electron chi connectivity index (χ4n) is 4.15. The normalized spacial score (nSPS) is 16.7. The monoisotopic (exact) mass is 565 g/mol. The molecule has 1 aliphatic rings. The number of anilines is 1. The molecule has 1 atom stereocenters. The van der Waals surface area contributed by atoms with E-state index < -0.39 is 29.3 Å². The summed E-state index contributed by atoms with van der Waals surface area (Å²) in [5, 5.41) is 11.2. The molecule has 1 amide bonds. The molecular formula is C26H19Cl3FNO6. The zero-order chi connectivity index (χ0) is 27.0. The van der Waals surface area contributed by atoms with Crippen LogP contribution in [0.1, 0.15) is 17.2 Å². The quantitative estimate of drug-likeness (QED) is 0.210. The Balaban J connectivity index is 2.04. The van der Waals surface area contributed by atoms with Crippen LogP contribution in [0.3, 0.4) is 0 Å². The van der Waals surface area contributed by atoms with Gasteiger partial charge in [-0.15, -0.1) is 0 Å². The van der Waals surface area contributed by atoms with E-state index in [4.69, 9.17) is 49.0 Å². The number of benzene rings is 3. The van der Waals surface area contributed by atoms with Crippen LogP contribution in [-0.4, -0.2) is 38.1 Å². The molecule has 3 aromatic carbocycles. The summed E-state index contributed by atoms with van der Waals surface area (Å²) in [5.74, 6) is -2.76. The van der Waals surface area contributed by atoms with E-state index >= 15 is 0 Å². The minimum Gasteiger partial charge on any atom is -0.507 e. The van der Waals surface area contributed by atoms with E-state index in [1.54, 1.807) is 24.3 Å². The molecule has 7 nitrogen and oxygen atoms in total. The van der Waals surface area contributed by atoms with E-state index in [9.17, 15) is 19.1 Å². The van der Waals surface area contributed by atoms with Crippen LogP contribution in [0.5, 0.6) is 17.2 Å².